The zero-order chi connectivity index (χ0) is 20.1. The SMILES string of the molecule is COCCS(=O)(=O)c1ccc(C(=O)N2CCN(c3ccc(Cl)cc3)CC2)cc1. The van der Waals surface area contributed by atoms with Crippen molar-refractivity contribution in [1.82, 2.24) is 4.90 Å². The van der Waals surface area contributed by atoms with E-state index in [9.17, 15) is 13.2 Å². The molecule has 28 heavy (non-hydrogen) atoms. The molecule has 1 aliphatic heterocycles. The normalized spacial score (nSPS) is 14.9. The van der Waals surface area contributed by atoms with Gasteiger partial charge in [-0.05, 0) is 48.5 Å². The summed E-state index contributed by atoms with van der Waals surface area (Å²) in [5, 5.41) is 0.699. The molecule has 150 valence electrons. The minimum Gasteiger partial charge on any atom is -0.384 e. The van der Waals surface area contributed by atoms with Crippen molar-refractivity contribution in [3.05, 3.63) is 59.1 Å². The molecule has 2 aromatic carbocycles. The second-order valence-corrected chi connectivity index (χ2v) is 9.14. The van der Waals surface area contributed by atoms with E-state index in [1.807, 2.05) is 24.3 Å². The number of benzene rings is 2. The highest BCUT2D eigenvalue weighted by Gasteiger charge is 2.23. The topological polar surface area (TPSA) is 66.9 Å². The van der Waals surface area contributed by atoms with Crippen LogP contribution < -0.4 is 4.90 Å². The van der Waals surface area contributed by atoms with E-state index in [1.165, 1.54) is 19.2 Å². The molecule has 1 saturated heterocycles. The minimum absolute atomic E-state index is 0.0799. The van der Waals surface area contributed by atoms with Crippen molar-refractivity contribution in [1.29, 1.82) is 0 Å². The summed E-state index contributed by atoms with van der Waals surface area (Å²) in [6.07, 6.45) is 0. The summed E-state index contributed by atoms with van der Waals surface area (Å²) in [5.74, 6) is -0.166. The van der Waals surface area contributed by atoms with Gasteiger partial charge < -0.3 is 14.5 Å². The number of carbonyl (C=O) groups is 1. The van der Waals surface area contributed by atoms with E-state index in [1.54, 1.807) is 17.0 Å². The third-order valence-electron chi connectivity index (χ3n) is 4.78. The average molecular weight is 423 g/mol. The Hall–Kier alpha value is -2.09. The van der Waals surface area contributed by atoms with Crippen LogP contribution in [0.1, 0.15) is 10.4 Å². The fourth-order valence-corrected chi connectivity index (χ4v) is 4.42. The number of sulfone groups is 1. The summed E-state index contributed by atoms with van der Waals surface area (Å²) in [7, 11) is -1.93. The van der Waals surface area contributed by atoms with E-state index in [0.29, 0.717) is 23.7 Å². The Morgan fingerprint density at radius 2 is 1.61 bits per heavy atom. The predicted molar refractivity (Wildman–Crippen MR) is 110 cm³/mol. The molecule has 0 N–H and O–H groups in total. The molecule has 2 aromatic rings. The Labute approximate surface area is 170 Å². The number of ether oxygens (including phenoxy) is 1. The van der Waals surface area contributed by atoms with E-state index in [-0.39, 0.29) is 23.2 Å². The predicted octanol–water partition coefficient (Wildman–Crippen LogP) is 2.72. The molecule has 6 nitrogen and oxygen atoms in total. The van der Waals surface area contributed by atoms with E-state index in [2.05, 4.69) is 4.90 Å². The first-order valence-corrected chi connectivity index (χ1v) is 11.1. The maximum atomic E-state index is 12.7. The molecule has 0 aromatic heterocycles. The van der Waals surface area contributed by atoms with Crippen LogP contribution in [0.4, 0.5) is 5.69 Å². The Morgan fingerprint density at radius 3 is 2.18 bits per heavy atom. The first-order valence-electron chi connectivity index (χ1n) is 9.02. The van der Waals surface area contributed by atoms with Gasteiger partial charge in [0.05, 0.1) is 17.3 Å². The fourth-order valence-electron chi connectivity index (χ4n) is 3.12. The molecule has 1 fully saturated rings. The number of amides is 1. The lowest BCUT2D eigenvalue weighted by Crippen LogP contribution is -2.48. The van der Waals surface area contributed by atoms with Crippen LogP contribution in [0.5, 0.6) is 0 Å². The van der Waals surface area contributed by atoms with Crippen LogP contribution in [0, 0.1) is 0 Å². The van der Waals surface area contributed by atoms with Crippen molar-refractivity contribution in [2.75, 3.05) is 50.5 Å². The van der Waals surface area contributed by atoms with Gasteiger partial charge in [-0.25, -0.2) is 8.42 Å². The molecule has 0 unspecified atom stereocenters. The molecule has 3 rings (SSSR count). The van der Waals surface area contributed by atoms with Gasteiger partial charge in [0.15, 0.2) is 9.84 Å². The lowest BCUT2D eigenvalue weighted by Gasteiger charge is -2.36. The van der Waals surface area contributed by atoms with E-state index in [0.717, 1.165) is 18.8 Å². The van der Waals surface area contributed by atoms with Crippen molar-refractivity contribution in [3.63, 3.8) is 0 Å². The summed E-state index contributed by atoms with van der Waals surface area (Å²) >= 11 is 5.93. The van der Waals surface area contributed by atoms with Crippen LogP contribution in [0.25, 0.3) is 0 Å². The Morgan fingerprint density at radius 1 is 1.00 bits per heavy atom. The summed E-state index contributed by atoms with van der Waals surface area (Å²) < 4.78 is 29.2. The number of carbonyl (C=O) groups excluding carboxylic acids is 1. The molecule has 0 radical (unpaired) electrons. The van der Waals surface area contributed by atoms with Crippen LogP contribution in [0.3, 0.4) is 0 Å². The molecule has 8 heteroatoms. The maximum absolute atomic E-state index is 12.7. The van der Waals surface area contributed by atoms with Gasteiger partial charge in [0.2, 0.25) is 0 Å². The van der Waals surface area contributed by atoms with Crippen LogP contribution >= 0.6 is 11.6 Å². The molecule has 1 amide bonds. The summed E-state index contributed by atoms with van der Waals surface area (Å²) in [6, 6.07) is 13.8. The molecular formula is C20H23ClN2O4S. The third-order valence-corrected chi connectivity index (χ3v) is 6.72. The second kappa shape index (κ2) is 8.94. The maximum Gasteiger partial charge on any atom is 0.253 e. The van der Waals surface area contributed by atoms with Gasteiger partial charge in [-0.2, -0.15) is 0 Å². The number of rotatable bonds is 6. The summed E-state index contributed by atoms with van der Waals surface area (Å²) in [5.41, 5.74) is 1.58. The van der Waals surface area contributed by atoms with E-state index >= 15 is 0 Å². The Balaban J connectivity index is 1.61. The average Bonchev–Trinajstić information content (AvgIpc) is 2.72. The molecular weight excluding hydrogens is 400 g/mol. The van der Waals surface area contributed by atoms with Crippen molar-refractivity contribution in [2.24, 2.45) is 0 Å². The van der Waals surface area contributed by atoms with Crippen LogP contribution in [0.2, 0.25) is 5.02 Å². The molecule has 1 heterocycles. The standard InChI is InChI=1S/C20H23ClN2O4S/c1-27-14-15-28(25,26)19-8-2-16(3-9-19)20(24)23-12-10-22(11-13-23)18-6-4-17(21)5-7-18/h2-9H,10-15H2,1H3. The molecule has 0 spiro atoms. The van der Waals surface area contributed by atoms with Crippen LogP contribution in [0.15, 0.2) is 53.4 Å². The van der Waals surface area contributed by atoms with Crippen molar-refractivity contribution < 1.29 is 17.9 Å². The zero-order valence-electron chi connectivity index (χ0n) is 15.7. The highest BCUT2D eigenvalue weighted by atomic mass is 35.5. The Kier molecular flexibility index (Phi) is 6.59. The second-order valence-electron chi connectivity index (χ2n) is 6.59. The summed E-state index contributed by atoms with van der Waals surface area (Å²) in [6.45, 7) is 2.82. The quantitative estimate of drug-likeness (QED) is 0.716. The van der Waals surface area contributed by atoms with Gasteiger partial charge in [-0.1, -0.05) is 11.6 Å². The van der Waals surface area contributed by atoms with Crippen molar-refractivity contribution in [2.45, 2.75) is 4.90 Å². The van der Waals surface area contributed by atoms with Gasteiger partial charge in [-0.15, -0.1) is 0 Å². The number of halogens is 1. The lowest BCUT2D eigenvalue weighted by atomic mass is 10.1. The largest absolute Gasteiger partial charge is 0.384 e. The molecule has 0 aliphatic carbocycles. The molecule has 1 aliphatic rings. The smallest absolute Gasteiger partial charge is 0.253 e. The zero-order valence-corrected chi connectivity index (χ0v) is 17.2. The van der Waals surface area contributed by atoms with Gasteiger partial charge in [-0.3, -0.25) is 4.79 Å². The number of nitrogens with zero attached hydrogens (tertiary/aromatic N) is 2. The van der Waals surface area contributed by atoms with Gasteiger partial charge in [0.1, 0.15) is 0 Å². The van der Waals surface area contributed by atoms with E-state index < -0.39 is 9.84 Å². The summed E-state index contributed by atoms with van der Waals surface area (Å²) in [4.78, 5) is 16.9. The Bertz CT molecular complexity index is 906. The number of hydrogen-bond donors (Lipinski definition) is 0. The van der Waals surface area contributed by atoms with Crippen molar-refractivity contribution >= 4 is 33.0 Å². The van der Waals surface area contributed by atoms with Gasteiger partial charge >= 0.3 is 0 Å². The van der Waals surface area contributed by atoms with Crippen LogP contribution in [-0.4, -0.2) is 64.9 Å². The number of methoxy groups -OCH3 is 1. The van der Waals surface area contributed by atoms with Gasteiger partial charge in [0, 0.05) is 49.6 Å². The monoisotopic (exact) mass is 422 g/mol. The highest BCUT2D eigenvalue weighted by Crippen LogP contribution is 2.20. The fraction of sp³-hybridized carbons (Fsp3) is 0.350. The first kappa shape index (κ1) is 20.6. The van der Waals surface area contributed by atoms with Gasteiger partial charge in [0.25, 0.3) is 5.91 Å². The lowest BCUT2D eigenvalue weighted by molar-refractivity contribution is 0.0746. The van der Waals surface area contributed by atoms with Crippen LogP contribution in [-0.2, 0) is 14.6 Å². The first-order chi connectivity index (χ1) is 13.4. The van der Waals surface area contributed by atoms with E-state index in [4.69, 9.17) is 16.3 Å². The molecule has 0 saturated carbocycles. The van der Waals surface area contributed by atoms with Crippen molar-refractivity contribution in [3.8, 4) is 0 Å². The minimum atomic E-state index is -3.40. The molecule has 0 atom stereocenters. The number of piperazine rings is 1. The third kappa shape index (κ3) is 4.84. The number of anilines is 1. The number of hydrogen-bond acceptors (Lipinski definition) is 5. The highest BCUT2D eigenvalue weighted by molar-refractivity contribution is 7.91. The molecule has 0 bridgehead atoms.